The molecule has 0 spiro atoms. The molecular weight excluding hydrogens is 252 g/mol. The van der Waals surface area contributed by atoms with E-state index >= 15 is 0 Å². The Bertz CT molecular complexity index is 452. The van der Waals surface area contributed by atoms with Gasteiger partial charge in [-0.3, -0.25) is 9.59 Å². The standard InChI is InChI=1S/C16H24N2O2/c1-4-10-18(11-5-2)15(19)12-17-16(20)14-9-7-6-8-13(14)3/h6-9H,4-5,10-12H2,1-3H3,(H,17,20). The summed E-state index contributed by atoms with van der Waals surface area (Å²) in [7, 11) is 0. The van der Waals surface area contributed by atoms with E-state index in [4.69, 9.17) is 0 Å². The molecule has 0 heterocycles. The lowest BCUT2D eigenvalue weighted by molar-refractivity contribution is -0.130. The number of benzene rings is 1. The van der Waals surface area contributed by atoms with Gasteiger partial charge in [-0.25, -0.2) is 0 Å². The molecule has 1 aromatic carbocycles. The number of nitrogens with zero attached hydrogens (tertiary/aromatic N) is 1. The molecule has 0 saturated carbocycles. The van der Waals surface area contributed by atoms with Gasteiger partial charge < -0.3 is 10.2 Å². The highest BCUT2D eigenvalue weighted by Gasteiger charge is 2.14. The number of amides is 2. The molecule has 4 nitrogen and oxygen atoms in total. The molecule has 1 rings (SSSR count). The molecule has 0 aliphatic heterocycles. The second-order valence-electron chi connectivity index (χ2n) is 4.88. The van der Waals surface area contributed by atoms with Crippen molar-refractivity contribution in [3.05, 3.63) is 35.4 Å². The molecule has 0 radical (unpaired) electrons. The van der Waals surface area contributed by atoms with Crippen molar-refractivity contribution in [2.45, 2.75) is 33.6 Å². The van der Waals surface area contributed by atoms with Crippen molar-refractivity contribution < 1.29 is 9.59 Å². The molecule has 20 heavy (non-hydrogen) atoms. The third-order valence-corrected chi connectivity index (χ3v) is 3.13. The Morgan fingerprint density at radius 2 is 1.70 bits per heavy atom. The third kappa shape index (κ3) is 4.68. The summed E-state index contributed by atoms with van der Waals surface area (Å²) in [5.74, 6) is -0.208. The largest absolute Gasteiger partial charge is 0.343 e. The van der Waals surface area contributed by atoms with Crippen LogP contribution in [0.5, 0.6) is 0 Å². The van der Waals surface area contributed by atoms with E-state index in [2.05, 4.69) is 5.32 Å². The molecule has 1 N–H and O–H groups in total. The maximum Gasteiger partial charge on any atom is 0.251 e. The monoisotopic (exact) mass is 276 g/mol. The topological polar surface area (TPSA) is 49.4 Å². The Morgan fingerprint density at radius 3 is 2.25 bits per heavy atom. The van der Waals surface area contributed by atoms with E-state index in [0.717, 1.165) is 31.5 Å². The van der Waals surface area contributed by atoms with Crippen LogP contribution in [0, 0.1) is 6.92 Å². The van der Waals surface area contributed by atoms with Gasteiger partial charge in [-0.15, -0.1) is 0 Å². The first-order chi connectivity index (χ1) is 9.60. The van der Waals surface area contributed by atoms with Crippen LogP contribution in [0.1, 0.15) is 42.6 Å². The van der Waals surface area contributed by atoms with Gasteiger partial charge in [0.1, 0.15) is 0 Å². The van der Waals surface area contributed by atoms with Crippen LogP contribution in [0.4, 0.5) is 0 Å². The van der Waals surface area contributed by atoms with Crippen LogP contribution in [0.2, 0.25) is 0 Å². The summed E-state index contributed by atoms with van der Waals surface area (Å²) < 4.78 is 0. The third-order valence-electron chi connectivity index (χ3n) is 3.13. The Labute approximate surface area is 121 Å². The van der Waals surface area contributed by atoms with Crippen molar-refractivity contribution in [1.82, 2.24) is 10.2 Å². The highest BCUT2D eigenvalue weighted by Crippen LogP contribution is 2.06. The maximum atomic E-state index is 12.1. The summed E-state index contributed by atoms with van der Waals surface area (Å²) in [4.78, 5) is 25.9. The van der Waals surface area contributed by atoms with E-state index in [9.17, 15) is 9.59 Å². The van der Waals surface area contributed by atoms with E-state index in [1.165, 1.54) is 0 Å². The number of carbonyl (C=O) groups is 2. The fraction of sp³-hybridized carbons (Fsp3) is 0.500. The molecule has 0 aliphatic rings. The van der Waals surface area contributed by atoms with Gasteiger partial charge in [0.2, 0.25) is 5.91 Å². The molecule has 2 amide bonds. The van der Waals surface area contributed by atoms with Crippen molar-refractivity contribution in [1.29, 1.82) is 0 Å². The van der Waals surface area contributed by atoms with Crippen LogP contribution in [0.3, 0.4) is 0 Å². The summed E-state index contributed by atoms with van der Waals surface area (Å²) >= 11 is 0. The first-order valence-corrected chi connectivity index (χ1v) is 7.21. The number of hydrogen-bond donors (Lipinski definition) is 1. The summed E-state index contributed by atoms with van der Waals surface area (Å²) in [5.41, 5.74) is 1.54. The average Bonchev–Trinajstić information content (AvgIpc) is 2.44. The van der Waals surface area contributed by atoms with E-state index < -0.39 is 0 Å². The van der Waals surface area contributed by atoms with E-state index in [1.807, 2.05) is 39.0 Å². The van der Waals surface area contributed by atoms with Crippen LogP contribution >= 0.6 is 0 Å². The smallest absolute Gasteiger partial charge is 0.251 e. The molecule has 0 aromatic heterocycles. The molecule has 1 aromatic rings. The Morgan fingerprint density at radius 1 is 1.10 bits per heavy atom. The van der Waals surface area contributed by atoms with Crippen molar-refractivity contribution >= 4 is 11.8 Å². The van der Waals surface area contributed by atoms with Gasteiger partial charge >= 0.3 is 0 Å². The van der Waals surface area contributed by atoms with Gasteiger partial charge in [-0.05, 0) is 31.4 Å². The minimum absolute atomic E-state index is 0.0179. The fourth-order valence-corrected chi connectivity index (χ4v) is 2.09. The van der Waals surface area contributed by atoms with Crippen LogP contribution in [0.25, 0.3) is 0 Å². The maximum absolute atomic E-state index is 12.1. The van der Waals surface area contributed by atoms with Crippen LogP contribution in [0.15, 0.2) is 24.3 Å². The summed E-state index contributed by atoms with van der Waals surface area (Å²) in [5, 5.41) is 2.71. The van der Waals surface area contributed by atoms with E-state index in [0.29, 0.717) is 5.56 Å². The highest BCUT2D eigenvalue weighted by atomic mass is 16.2. The van der Waals surface area contributed by atoms with Gasteiger partial charge in [-0.2, -0.15) is 0 Å². The summed E-state index contributed by atoms with van der Waals surface area (Å²) in [6.45, 7) is 7.52. The zero-order valence-corrected chi connectivity index (χ0v) is 12.6. The molecule has 0 atom stereocenters. The molecule has 0 aliphatic carbocycles. The molecule has 0 unspecified atom stereocenters. The normalized spacial score (nSPS) is 10.2. The Kier molecular flexibility index (Phi) is 6.77. The number of aryl methyl sites for hydroxylation is 1. The lowest BCUT2D eigenvalue weighted by Crippen LogP contribution is -2.41. The molecule has 0 bridgehead atoms. The zero-order valence-electron chi connectivity index (χ0n) is 12.6. The summed E-state index contributed by atoms with van der Waals surface area (Å²) in [6.07, 6.45) is 1.86. The van der Waals surface area contributed by atoms with E-state index in [-0.39, 0.29) is 18.4 Å². The second kappa shape index (κ2) is 8.35. The van der Waals surface area contributed by atoms with Crippen LogP contribution in [-0.2, 0) is 4.79 Å². The first kappa shape index (κ1) is 16.2. The predicted octanol–water partition coefficient (Wildman–Crippen LogP) is 2.37. The van der Waals surface area contributed by atoms with Crippen molar-refractivity contribution in [3.8, 4) is 0 Å². The van der Waals surface area contributed by atoms with E-state index in [1.54, 1.807) is 11.0 Å². The van der Waals surface area contributed by atoms with Crippen molar-refractivity contribution in [2.24, 2.45) is 0 Å². The number of rotatable bonds is 7. The van der Waals surface area contributed by atoms with Crippen LogP contribution in [-0.4, -0.2) is 36.3 Å². The Balaban J connectivity index is 2.55. The van der Waals surface area contributed by atoms with Gasteiger partial charge in [0, 0.05) is 18.7 Å². The lowest BCUT2D eigenvalue weighted by atomic mass is 10.1. The zero-order chi connectivity index (χ0) is 15.0. The first-order valence-electron chi connectivity index (χ1n) is 7.21. The quantitative estimate of drug-likeness (QED) is 0.831. The molecule has 4 heteroatoms. The SMILES string of the molecule is CCCN(CCC)C(=O)CNC(=O)c1ccccc1C. The van der Waals surface area contributed by atoms with Gasteiger partial charge in [-0.1, -0.05) is 32.0 Å². The Hall–Kier alpha value is -1.84. The minimum atomic E-state index is -0.190. The summed E-state index contributed by atoms with van der Waals surface area (Å²) in [6, 6.07) is 7.37. The van der Waals surface area contributed by atoms with Crippen molar-refractivity contribution in [3.63, 3.8) is 0 Å². The van der Waals surface area contributed by atoms with Gasteiger partial charge in [0.15, 0.2) is 0 Å². The molecule has 110 valence electrons. The molecule has 0 fully saturated rings. The number of nitrogens with one attached hydrogen (secondary N) is 1. The van der Waals surface area contributed by atoms with Crippen molar-refractivity contribution in [2.75, 3.05) is 19.6 Å². The lowest BCUT2D eigenvalue weighted by Gasteiger charge is -2.21. The van der Waals surface area contributed by atoms with Gasteiger partial charge in [0.25, 0.3) is 5.91 Å². The van der Waals surface area contributed by atoms with Gasteiger partial charge in [0.05, 0.1) is 6.54 Å². The molecular formula is C16H24N2O2. The van der Waals surface area contributed by atoms with Crippen LogP contribution < -0.4 is 5.32 Å². The second-order valence-corrected chi connectivity index (χ2v) is 4.88. The number of carbonyl (C=O) groups excluding carboxylic acids is 2. The average molecular weight is 276 g/mol. The highest BCUT2D eigenvalue weighted by molar-refractivity contribution is 5.97. The minimum Gasteiger partial charge on any atom is -0.343 e. The fourth-order valence-electron chi connectivity index (χ4n) is 2.09. The number of hydrogen-bond acceptors (Lipinski definition) is 2. The molecule has 0 saturated heterocycles. The predicted molar refractivity (Wildman–Crippen MR) is 80.7 cm³/mol.